The molecule has 0 aliphatic carbocycles. The fourth-order valence-electron chi connectivity index (χ4n) is 4.40. The lowest BCUT2D eigenvalue weighted by Gasteiger charge is -2.32. The van der Waals surface area contributed by atoms with Gasteiger partial charge in [0.05, 0.1) is 6.61 Å². The summed E-state index contributed by atoms with van der Waals surface area (Å²) in [7, 11) is 0. The highest BCUT2D eigenvalue weighted by Gasteiger charge is 2.26. The molecule has 1 saturated heterocycles. The van der Waals surface area contributed by atoms with Gasteiger partial charge in [-0.15, -0.1) is 0 Å². The minimum Gasteiger partial charge on any atom is -0.461 e. The monoisotopic (exact) mass is 507 g/mol. The zero-order valence-electron chi connectivity index (χ0n) is 20.6. The van der Waals surface area contributed by atoms with Crippen LogP contribution in [0, 0.1) is 18.6 Å². The molecule has 2 aromatic carbocycles. The molecule has 4 rings (SSSR count). The van der Waals surface area contributed by atoms with Crippen LogP contribution in [0.4, 0.5) is 14.5 Å². The maximum absolute atomic E-state index is 13.9. The Labute approximate surface area is 213 Å². The third kappa shape index (κ3) is 5.82. The van der Waals surface area contributed by atoms with Crippen LogP contribution in [0.25, 0.3) is 0 Å². The average Bonchev–Trinajstić information content (AvgIpc) is 2.92. The molecular weight excluding hydrogens is 480 g/mol. The maximum Gasteiger partial charge on any atom is 0.356 e. The molecule has 0 saturated carbocycles. The number of hydrogen-bond acceptors (Lipinski definition) is 5. The van der Waals surface area contributed by atoms with Crippen molar-refractivity contribution in [3.63, 3.8) is 0 Å². The van der Waals surface area contributed by atoms with Crippen LogP contribution in [-0.4, -0.2) is 47.4 Å². The molecule has 9 heteroatoms. The Balaban J connectivity index is 1.35. The second kappa shape index (κ2) is 11.3. The first-order valence-corrected chi connectivity index (χ1v) is 12.1. The van der Waals surface area contributed by atoms with Crippen molar-refractivity contribution in [1.29, 1.82) is 0 Å². The van der Waals surface area contributed by atoms with Gasteiger partial charge in [0.25, 0.3) is 11.8 Å². The number of piperidine rings is 1. The number of nitrogens with zero attached hydrogens (tertiary/aromatic N) is 2. The molecule has 0 unspecified atom stereocenters. The molecule has 192 valence electrons. The average molecular weight is 508 g/mol. The van der Waals surface area contributed by atoms with Crippen LogP contribution < -0.4 is 5.32 Å². The van der Waals surface area contributed by atoms with Crippen LogP contribution in [0.3, 0.4) is 0 Å². The lowest BCUT2D eigenvalue weighted by atomic mass is 9.89. The number of likely N-dealkylation sites (tertiary alicyclic amines) is 1. The second-order valence-corrected chi connectivity index (χ2v) is 8.83. The van der Waals surface area contributed by atoms with Gasteiger partial charge in [0, 0.05) is 41.7 Å². The molecule has 1 aromatic heterocycles. The quantitative estimate of drug-likeness (QED) is 0.468. The van der Waals surface area contributed by atoms with E-state index in [9.17, 15) is 23.2 Å². The summed E-state index contributed by atoms with van der Waals surface area (Å²) in [5.41, 5.74) is 2.24. The van der Waals surface area contributed by atoms with Crippen molar-refractivity contribution in [2.24, 2.45) is 0 Å². The Morgan fingerprint density at radius 1 is 1.05 bits per heavy atom. The van der Waals surface area contributed by atoms with Gasteiger partial charge < -0.3 is 15.0 Å². The van der Waals surface area contributed by atoms with Crippen molar-refractivity contribution in [1.82, 2.24) is 9.88 Å². The van der Waals surface area contributed by atoms with Crippen LogP contribution in [-0.2, 0) is 4.74 Å². The van der Waals surface area contributed by atoms with E-state index in [1.165, 1.54) is 31.3 Å². The molecular formula is C28H27F2N3O4. The number of ether oxygens (including phenoxy) is 1. The molecule has 0 bridgehead atoms. The number of esters is 1. The minimum absolute atomic E-state index is 0.0219. The van der Waals surface area contributed by atoms with Gasteiger partial charge >= 0.3 is 5.97 Å². The zero-order valence-corrected chi connectivity index (χ0v) is 20.6. The normalized spacial score (nSPS) is 13.8. The highest BCUT2D eigenvalue weighted by atomic mass is 19.2. The molecule has 2 amide bonds. The van der Waals surface area contributed by atoms with Crippen molar-refractivity contribution >= 4 is 23.5 Å². The fraction of sp³-hybridized carbons (Fsp3) is 0.286. The first-order valence-electron chi connectivity index (χ1n) is 12.1. The number of hydrogen-bond donors (Lipinski definition) is 1. The summed E-state index contributed by atoms with van der Waals surface area (Å²) in [6.07, 6.45) is 2.84. The molecule has 0 atom stereocenters. The molecule has 0 radical (unpaired) electrons. The third-order valence-corrected chi connectivity index (χ3v) is 6.50. The minimum atomic E-state index is -0.990. The van der Waals surface area contributed by atoms with Crippen molar-refractivity contribution in [3.05, 3.63) is 94.3 Å². The first-order chi connectivity index (χ1) is 17.8. The Morgan fingerprint density at radius 2 is 1.76 bits per heavy atom. The van der Waals surface area contributed by atoms with Gasteiger partial charge in [-0.2, -0.15) is 0 Å². The smallest absolute Gasteiger partial charge is 0.356 e. The van der Waals surface area contributed by atoms with Crippen molar-refractivity contribution in [3.8, 4) is 0 Å². The number of halogens is 2. The lowest BCUT2D eigenvalue weighted by Crippen LogP contribution is -2.38. The van der Waals surface area contributed by atoms with E-state index in [1.54, 1.807) is 11.8 Å². The first kappa shape index (κ1) is 25.9. The van der Waals surface area contributed by atoms with Gasteiger partial charge in [-0.3, -0.25) is 9.59 Å². The van der Waals surface area contributed by atoms with E-state index in [-0.39, 0.29) is 46.7 Å². The van der Waals surface area contributed by atoms with Crippen LogP contribution in [0.2, 0.25) is 0 Å². The van der Waals surface area contributed by atoms with Crippen molar-refractivity contribution in [2.45, 2.75) is 32.6 Å². The predicted octanol–water partition coefficient (Wildman–Crippen LogP) is 5.12. The standard InChI is InChI=1S/C28H27F2N3O4/c1-3-37-28(36)24-16-20(10-13-31-24)26(34)32-21-6-4-18(5-7-21)19-11-14-33(15-12-19)27(35)22-8-9-23(29)25(30)17(22)2/h4-10,13,16,19H,3,11-12,14-15H2,1-2H3,(H,32,34). The van der Waals surface area contributed by atoms with E-state index >= 15 is 0 Å². The summed E-state index contributed by atoms with van der Waals surface area (Å²) in [4.78, 5) is 43.0. The number of nitrogens with one attached hydrogen (secondary N) is 1. The van der Waals surface area contributed by atoms with Gasteiger partial charge in [-0.1, -0.05) is 12.1 Å². The number of anilines is 1. The molecule has 1 aliphatic heterocycles. The predicted molar refractivity (Wildman–Crippen MR) is 134 cm³/mol. The van der Waals surface area contributed by atoms with Gasteiger partial charge in [0.2, 0.25) is 0 Å². The second-order valence-electron chi connectivity index (χ2n) is 8.83. The van der Waals surface area contributed by atoms with Gasteiger partial charge in [-0.05, 0) is 74.6 Å². The van der Waals surface area contributed by atoms with Crippen molar-refractivity contribution in [2.75, 3.05) is 25.0 Å². The largest absolute Gasteiger partial charge is 0.461 e. The van der Waals surface area contributed by atoms with E-state index in [0.717, 1.165) is 24.5 Å². The van der Waals surface area contributed by atoms with Gasteiger partial charge in [0.15, 0.2) is 11.6 Å². The maximum atomic E-state index is 13.9. The number of pyridine rings is 1. The fourth-order valence-corrected chi connectivity index (χ4v) is 4.40. The van der Waals surface area contributed by atoms with Gasteiger partial charge in [-0.25, -0.2) is 18.6 Å². The molecule has 0 spiro atoms. The van der Waals surface area contributed by atoms with E-state index < -0.39 is 17.6 Å². The van der Waals surface area contributed by atoms with E-state index in [2.05, 4.69) is 10.3 Å². The number of carbonyl (C=O) groups excluding carboxylic acids is 3. The summed E-state index contributed by atoms with van der Waals surface area (Å²) in [5.74, 6) is -2.98. The van der Waals surface area contributed by atoms with Crippen LogP contribution >= 0.6 is 0 Å². The SMILES string of the molecule is CCOC(=O)c1cc(C(=O)Nc2ccc(C3CCN(C(=O)c4ccc(F)c(F)c4C)CC3)cc2)ccn1. The third-order valence-electron chi connectivity index (χ3n) is 6.50. The number of aromatic nitrogens is 1. The number of amides is 2. The summed E-state index contributed by atoms with van der Waals surface area (Å²) in [6, 6.07) is 12.7. The van der Waals surface area contributed by atoms with Gasteiger partial charge in [0.1, 0.15) is 5.69 Å². The Hall–Kier alpha value is -4.14. The van der Waals surface area contributed by atoms with Crippen LogP contribution in [0.1, 0.15) is 68.0 Å². The van der Waals surface area contributed by atoms with E-state index in [4.69, 9.17) is 4.74 Å². The van der Waals surface area contributed by atoms with E-state index in [1.807, 2.05) is 24.3 Å². The summed E-state index contributed by atoms with van der Waals surface area (Å²) in [5, 5.41) is 2.81. The summed E-state index contributed by atoms with van der Waals surface area (Å²) >= 11 is 0. The number of carbonyl (C=O) groups is 3. The van der Waals surface area contributed by atoms with Crippen molar-refractivity contribution < 1.29 is 27.9 Å². The Kier molecular flexibility index (Phi) is 7.91. The molecule has 1 N–H and O–H groups in total. The van der Waals surface area contributed by atoms with Crippen LogP contribution in [0.5, 0.6) is 0 Å². The zero-order chi connectivity index (χ0) is 26.5. The topological polar surface area (TPSA) is 88.6 Å². The molecule has 2 heterocycles. The molecule has 7 nitrogen and oxygen atoms in total. The molecule has 3 aromatic rings. The number of benzene rings is 2. The Morgan fingerprint density at radius 3 is 2.43 bits per heavy atom. The highest BCUT2D eigenvalue weighted by molar-refractivity contribution is 6.05. The molecule has 1 aliphatic rings. The molecule has 1 fully saturated rings. The number of rotatable bonds is 6. The molecule has 37 heavy (non-hydrogen) atoms. The highest BCUT2D eigenvalue weighted by Crippen LogP contribution is 2.30. The summed E-state index contributed by atoms with van der Waals surface area (Å²) in [6.45, 7) is 4.33. The lowest BCUT2D eigenvalue weighted by molar-refractivity contribution is 0.0519. The van der Waals surface area contributed by atoms with Crippen LogP contribution in [0.15, 0.2) is 54.7 Å². The summed E-state index contributed by atoms with van der Waals surface area (Å²) < 4.78 is 32.2. The Bertz CT molecular complexity index is 1320. The van der Waals surface area contributed by atoms with E-state index in [0.29, 0.717) is 18.8 Å².